The molecule has 1 fully saturated rings. The number of rotatable bonds is 9. The Hall–Kier alpha value is -3.42. The average molecular weight is 414 g/mol. The number of nitrogens with zero attached hydrogens (tertiary/aromatic N) is 1. The molecule has 0 aliphatic carbocycles. The molecule has 1 saturated heterocycles. The minimum atomic E-state index is -1.07. The molecule has 0 bridgehead atoms. The number of carbonyl (C=O) groups excluding carboxylic acids is 3. The Morgan fingerprint density at radius 3 is 2.47 bits per heavy atom. The number of aryl methyl sites for hydroxylation is 1. The number of hydrogen-bond acceptors (Lipinski definition) is 5. The van der Waals surface area contributed by atoms with Gasteiger partial charge in [-0.2, -0.15) is 0 Å². The van der Waals surface area contributed by atoms with Gasteiger partial charge >= 0.3 is 12.0 Å². The Bertz CT molecular complexity index is 904. The zero-order valence-corrected chi connectivity index (χ0v) is 16.6. The highest BCUT2D eigenvalue weighted by atomic mass is 19.1. The monoisotopic (exact) mass is 414 g/mol. The van der Waals surface area contributed by atoms with Crippen LogP contribution in [0, 0.1) is 5.82 Å². The summed E-state index contributed by atoms with van der Waals surface area (Å²) < 4.78 is 23.2. The first-order chi connectivity index (χ1) is 14.4. The van der Waals surface area contributed by atoms with Crippen molar-refractivity contribution in [1.29, 1.82) is 0 Å². The van der Waals surface area contributed by atoms with Crippen LogP contribution >= 0.6 is 0 Å². The van der Waals surface area contributed by atoms with Crippen molar-refractivity contribution in [3.63, 3.8) is 0 Å². The molecule has 158 valence electrons. The molecule has 30 heavy (non-hydrogen) atoms. The smallest absolute Gasteiger partial charge is 0.326 e. The van der Waals surface area contributed by atoms with Crippen molar-refractivity contribution in [2.45, 2.75) is 25.3 Å². The van der Waals surface area contributed by atoms with E-state index in [0.717, 1.165) is 10.5 Å². The molecule has 0 unspecified atom stereocenters. The Morgan fingerprint density at radius 1 is 1.07 bits per heavy atom. The van der Waals surface area contributed by atoms with E-state index in [9.17, 15) is 18.8 Å². The fourth-order valence-corrected chi connectivity index (χ4v) is 3.12. The second-order valence-electron chi connectivity index (χ2n) is 7.16. The van der Waals surface area contributed by atoms with Gasteiger partial charge in [-0.3, -0.25) is 14.5 Å². The molecule has 0 spiro atoms. The zero-order valence-electron chi connectivity index (χ0n) is 16.6. The highest BCUT2D eigenvalue weighted by Gasteiger charge is 2.48. The minimum Gasteiger partial charge on any atom is -0.490 e. The first kappa shape index (κ1) is 21.3. The average Bonchev–Trinajstić information content (AvgIpc) is 2.95. The van der Waals surface area contributed by atoms with Gasteiger partial charge < -0.3 is 14.8 Å². The van der Waals surface area contributed by atoms with Crippen molar-refractivity contribution in [3.8, 4) is 5.75 Å². The predicted octanol–water partition coefficient (Wildman–Crippen LogP) is 2.69. The van der Waals surface area contributed by atoms with Gasteiger partial charge in [0.15, 0.2) is 0 Å². The second kappa shape index (κ2) is 9.39. The number of nitrogens with one attached hydrogen (secondary N) is 1. The number of carbonyl (C=O) groups is 3. The lowest BCUT2D eigenvalue weighted by atomic mass is 9.93. The van der Waals surface area contributed by atoms with Crippen LogP contribution in [0.3, 0.4) is 0 Å². The van der Waals surface area contributed by atoms with Crippen molar-refractivity contribution in [1.82, 2.24) is 10.2 Å². The number of ether oxygens (including phenoxy) is 2. The lowest BCUT2D eigenvalue weighted by Gasteiger charge is -2.21. The molecule has 1 aliphatic heterocycles. The second-order valence-corrected chi connectivity index (χ2v) is 7.16. The van der Waals surface area contributed by atoms with E-state index >= 15 is 0 Å². The Kier molecular flexibility index (Phi) is 6.66. The van der Waals surface area contributed by atoms with Crippen LogP contribution in [0.1, 0.15) is 18.9 Å². The number of benzene rings is 2. The molecule has 3 amide bonds. The van der Waals surface area contributed by atoms with E-state index in [0.29, 0.717) is 18.6 Å². The molecule has 3 rings (SSSR count). The van der Waals surface area contributed by atoms with Crippen molar-refractivity contribution in [2.24, 2.45) is 0 Å². The maximum Gasteiger partial charge on any atom is 0.326 e. The lowest BCUT2D eigenvalue weighted by molar-refractivity contribution is -0.148. The summed E-state index contributed by atoms with van der Waals surface area (Å²) >= 11 is 0. The fourth-order valence-electron chi connectivity index (χ4n) is 3.12. The molecule has 8 heteroatoms. The van der Waals surface area contributed by atoms with Crippen molar-refractivity contribution in [3.05, 3.63) is 66.0 Å². The van der Waals surface area contributed by atoms with E-state index < -0.39 is 30.0 Å². The van der Waals surface area contributed by atoms with Gasteiger partial charge in [0.05, 0.1) is 0 Å². The number of halogens is 1. The number of imide groups is 1. The third-order valence-corrected chi connectivity index (χ3v) is 4.82. The van der Waals surface area contributed by atoms with Gasteiger partial charge in [-0.05, 0) is 49.6 Å². The maximum absolute atomic E-state index is 12.8. The van der Waals surface area contributed by atoms with Gasteiger partial charge in [-0.15, -0.1) is 0 Å². The zero-order chi connectivity index (χ0) is 21.6. The summed E-state index contributed by atoms with van der Waals surface area (Å²) in [5.74, 6) is -1.11. The minimum absolute atomic E-state index is 0.0618. The van der Waals surface area contributed by atoms with Crippen molar-refractivity contribution >= 4 is 17.9 Å². The van der Waals surface area contributed by atoms with Crippen molar-refractivity contribution < 1.29 is 28.2 Å². The third kappa shape index (κ3) is 5.34. The highest BCUT2D eigenvalue weighted by Crippen LogP contribution is 2.23. The molecule has 0 aromatic heterocycles. The predicted molar refractivity (Wildman–Crippen MR) is 106 cm³/mol. The maximum atomic E-state index is 12.8. The summed E-state index contributed by atoms with van der Waals surface area (Å²) in [5, 5.41) is 2.67. The van der Waals surface area contributed by atoms with Gasteiger partial charge in [-0.25, -0.2) is 9.18 Å². The van der Waals surface area contributed by atoms with Gasteiger partial charge in [0, 0.05) is 0 Å². The van der Waals surface area contributed by atoms with Gasteiger partial charge in [0.25, 0.3) is 5.91 Å². The van der Waals surface area contributed by atoms with Crippen LogP contribution in [0.15, 0.2) is 54.6 Å². The molecular formula is C22H23FN2O5. The molecular weight excluding hydrogens is 391 g/mol. The summed E-state index contributed by atoms with van der Waals surface area (Å²) in [7, 11) is 0. The van der Waals surface area contributed by atoms with Crippen molar-refractivity contribution in [2.75, 3.05) is 19.8 Å². The van der Waals surface area contributed by atoms with Gasteiger partial charge in [0.2, 0.25) is 0 Å². The quantitative estimate of drug-likeness (QED) is 0.387. The Morgan fingerprint density at radius 2 is 1.77 bits per heavy atom. The summed E-state index contributed by atoms with van der Waals surface area (Å²) in [4.78, 5) is 37.8. The molecule has 1 atom stereocenters. The first-order valence-corrected chi connectivity index (χ1v) is 9.59. The van der Waals surface area contributed by atoms with Crippen LogP contribution in [-0.2, 0) is 20.7 Å². The molecule has 0 radical (unpaired) electrons. The van der Waals surface area contributed by atoms with Gasteiger partial charge in [0.1, 0.15) is 36.9 Å². The van der Waals surface area contributed by atoms with E-state index in [2.05, 4.69) is 5.32 Å². The van der Waals surface area contributed by atoms with Crippen LogP contribution in [-0.4, -0.2) is 48.1 Å². The molecule has 1 aliphatic rings. The van der Waals surface area contributed by atoms with Gasteiger partial charge in [-0.1, -0.05) is 30.3 Å². The number of esters is 1. The summed E-state index contributed by atoms with van der Waals surface area (Å²) in [6, 6.07) is 14.5. The Labute approximate surface area is 173 Å². The van der Waals surface area contributed by atoms with E-state index in [1.807, 2.05) is 30.3 Å². The molecule has 2 aromatic rings. The normalized spacial score (nSPS) is 18.3. The molecule has 7 nitrogen and oxygen atoms in total. The van der Waals surface area contributed by atoms with Crippen LogP contribution < -0.4 is 10.1 Å². The number of urea groups is 1. The van der Waals surface area contributed by atoms with Crippen LogP contribution in [0.25, 0.3) is 0 Å². The first-order valence-electron chi connectivity index (χ1n) is 9.59. The van der Waals surface area contributed by atoms with Crippen LogP contribution in [0.2, 0.25) is 0 Å². The summed E-state index contributed by atoms with van der Waals surface area (Å²) in [6.07, 6.45) is 1.03. The fraction of sp³-hybridized carbons (Fsp3) is 0.318. The van der Waals surface area contributed by atoms with Crippen LogP contribution in [0.5, 0.6) is 5.75 Å². The van der Waals surface area contributed by atoms with E-state index in [1.54, 1.807) is 6.92 Å². The van der Waals surface area contributed by atoms with E-state index in [4.69, 9.17) is 9.47 Å². The van der Waals surface area contributed by atoms with E-state index in [1.165, 1.54) is 24.3 Å². The molecule has 1 N–H and O–H groups in total. The SMILES string of the molecule is C[C@]1(CCc2ccccc2)NC(=O)N(CC(=O)OCCOc2ccc(F)cc2)C1=O. The Balaban J connectivity index is 1.44. The summed E-state index contributed by atoms with van der Waals surface area (Å²) in [5.41, 5.74) is -0.0152. The van der Waals surface area contributed by atoms with E-state index in [-0.39, 0.29) is 19.0 Å². The largest absolute Gasteiger partial charge is 0.490 e. The topological polar surface area (TPSA) is 84.9 Å². The number of hydrogen-bond donors (Lipinski definition) is 1. The lowest BCUT2D eigenvalue weighted by Crippen LogP contribution is -2.44. The number of amides is 3. The third-order valence-electron chi connectivity index (χ3n) is 4.82. The summed E-state index contributed by atoms with van der Waals surface area (Å²) in [6.45, 7) is 1.18. The highest BCUT2D eigenvalue weighted by molar-refractivity contribution is 6.08. The standard InChI is InChI=1S/C22H23FN2O5/c1-22(12-11-16-5-3-2-4-6-16)20(27)25(21(28)24-22)15-19(26)30-14-13-29-18-9-7-17(23)8-10-18/h2-10H,11-15H2,1H3,(H,24,28)/t22-/m1/s1. The van der Waals surface area contributed by atoms with Crippen LogP contribution in [0.4, 0.5) is 9.18 Å². The molecule has 1 heterocycles. The molecule has 0 saturated carbocycles. The molecule has 2 aromatic carbocycles.